The maximum Gasteiger partial charge on any atom is 0.273 e. The van der Waals surface area contributed by atoms with Crippen LogP contribution in [0.5, 0.6) is 0 Å². The molecule has 3 heteroatoms. The molecule has 0 bridgehead atoms. The molecule has 0 heterocycles. The summed E-state index contributed by atoms with van der Waals surface area (Å²) in [5, 5.41) is 8.93. The number of rotatable bonds is 5. The molecule has 0 radical (unpaired) electrons. The minimum atomic E-state index is -2.79. The van der Waals surface area contributed by atoms with Gasteiger partial charge in [-0.1, -0.05) is 45.0 Å². The standard InChI is InChI=1S/C15H19F2N/c1-4-12(10-18)13-5-7-14(8-6-13)15(16,17)9-11(2)3/h5-8,11-12H,4,9H2,1-3H3. The van der Waals surface area contributed by atoms with Crippen LogP contribution in [0, 0.1) is 17.2 Å². The zero-order chi connectivity index (χ0) is 13.8. The Labute approximate surface area is 107 Å². The molecule has 18 heavy (non-hydrogen) atoms. The van der Waals surface area contributed by atoms with Gasteiger partial charge in [-0.3, -0.25) is 0 Å². The Morgan fingerprint density at radius 1 is 1.22 bits per heavy atom. The Kier molecular flexibility index (Phi) is 4.84. The van der Waals surface area contributed by atoms with Crippen molar-refractivity contribution in [2.75, 3.05) is 0 Å². The third-order valence-corrected chi connectivity index (χ3v) is 2.96. The normalized spacial score (nSPS) is 13.4. The lowest BCUT2D eigenvalue weighted by Crippen LogP contribution is -2.16. The fourth-order valence-electron chi connectivity index (χ4n) is 1.99. The fraction of sp³-hybridized carbons (Fsp3) is 0.533. The van der Waals surface area contributed by atoms with Crippen LogP contribution in [0.1, 0.15) is 50.7 Å². The Balaban J connectivity index is 2.92. The molecule has 0 saturated heterocycles. The summed E-state index contributed by atoms with van der Waals surface area (Å²) < 4.78 is 27.7. The first kappa shape index (κ1) is 14.6. The number of halogens is 2. The predicted octanol–water partition coefficient (Wildman–Crippen LogP) is 4.84. The number of hydrogen-bond acceptors (Lipinski definition) is 1. The highest BCUT2D eigenvalue weighted by atomic mass is 19.3. The Bertz CT molecular complexity index is 415. The lowest BCUT2D eigenvalue weighted by Gasteiger charge is -2.19. The van der Waals surface area contributed by atoms with Crippen LogP contribution in [0.2, 0.25) is 0 Å². The number of hydrogen-bond donors (Lipinski definition) is 0. The Morgan fingerprint density at radius 3 is 2.17 bits per heavy atom. The van der Waals surface area contributed by atoms with E-state index < -0.39 is 5.92 Å². The van der Waals surface area contributed by atoms with E-state index in [2.05, 4.69) is 6.07 Å². The number of nitriles is 1. The summed E-state index contributed by atoms with van der Waals surface area (Å²) in [5.41, 5.74) is 0.844. The highest BCUT2D eigenvalue weighted by Crippen LogP contribution is 2.35. The molecule has 0 spiro atoms. The van der Waals surface area contributed by atoms with Gasteiger partial charge in [-0.25, -0.2) is 8.78 Å². The van der Waals surface area contributed by atoms with Crippen molar-refractivity contribution in [1.82, 2.24) is 0 Å². The van der Waals surface area contributed by atoms with Crippen LogP contribution in [-0.2, 0) is 5.92 Å². The second kappa shape index (κ2) is 5.95. The minimum absolute atomic E-state index is 0.0349. The molecule has 0 aliphatic carbocycles. The zero-order valence-corrected chi connectivity index (χ0v) is 11.1. The molecule has 1 atom stereocenters. The average Bonchev–Trinajstić information content (AvgIpc) is 2.29. The van der Waals surface area contributed by atoms with Gasteiger partial charge in [0.1, 0.15) is 0 Å². The second-order valence-corrected chi connectivity index (χ2v) is 5.01. The highest BCUT2D eigenvalue weighted by molar-refractivity contribution is 5.30. The predicted molar refractivity (Wildman–Crippen MR) is 68.4 cm³/mol. The topological polar surface area (TPSA) is 23.8 Å². The van der Waals surface area contributed by atoms with Crippen molar-refractivity contribution < 1.29 is 8.78 Å². The van der Waals surface area contributed by atoms with Gasteiger partial charge in [0.25, 0.3) is 5.92 Å². The van der Waals surface area contributed by atoms with Gasteiger partial charge in [0, 0.05) is 12.0 Å². The molecular formula is C15H19F2N. The number of benzene rings is 1. The lowest BCUT2D eigenvalue weighted by atomic mass is 9.93. The molecule has 1 rings (SSSR count). The van der Waals surface area contributed by atoms with Gasteiger partial charge in [-0.15, -0.1) is 0 Å². The molecule has 0 aliphatic rings. The first-order valence-electron chi connectivity index (χ1n) is 6.28. The van der Waals surface area contributed by atoms with Gasteiger partial charge in [0.05, 0.1) is 12.0 Å². The van der Waals surface area contributed by atoms with E-state index in [-0.39, 0.29) is 23.8 Å². The minimum Gasteiger partial charge on any atom is -0.201 e. The van der Waals surface area contributed by atoms with E-state index >= 15 is 0 Å². The van der Waals surface area contributed by atoms with E-state index in [0.717, 1.165) is 5.56 Å². The van der Waals surface area contributed by atoms with Crippen molar-refractivity contribution >= 4 is 0 Å². The molecule has 0 fully saturated rings. The first-order chi connectivity index (χ1) is 8.40. The van der Waals surface area contributed by atoms with Gasteiger partial charge in [0.2, 0.25) is 0 Å². The molecule has 1 aromatic rings. The highest BCUT2D eigenvalue weighted by Gasteiger charge is 2.32. The van der Waals surface area contributed by atoms with Crippen LogP contribution in [-0.4, -0.2) is 0 Å². The van der Waals surface area contributed by atoms with Crippen molar-refractivity contribution in [1.29, 1.82) is 5.26 Å². The van der Waals surface area contributed by atoms with E-state index in [4.69, 9.17) is 5.26 Å². The summed E-state index contributed by atoms with van der Waals surface area (Å²) in [6, 6.07) is 8.33. The van der Waals surface area contributed by atoms with E-state index in [0.29, 0.717) is 6.42 Å². The maximum absolute atomic E-state index is 13.8. The van der Waals surface area contributed by atoms with E-state index in [1.165, 1.54) is 12.1 Å². The molecule has 0 amide bonds. The first-order valence-corrected chi connectivity index (χ1v) is 6.28. The molecule has 1 unspecified atom stereocenters. The summed E-state index contributed by atoms with van der Waals surface area (Å²) in [5.74, 6) is -3.05. The Hall–Kier alpha value is -1.43. The monoisotopic (exact) mass is 251 g/mol. The molecule has 1 nitrogen and oxygen atoms in total. The van der Waals surface area contributed by atoms with Crippen molar-refractivity contribution in [2.45, 2.75) is 45.5 Å². The summed E-state index contributed by atoms with van der Waals surface area (Å²) >= 11 is 0. The van der Waals surface area contributed by atoms with E-state index in [9.17, 15) is 8.78 Å². The van der Waals surface area contributed by atoms with Crippen molar-refractivity contribution in [3.05, 3.63) is 35.4 Å². The summed E-state index contributed by atoms with van der Waals surface area (Å²) in [4.78, 5) is 0. The largest absolute Gasteiger partial charge is 0.273 e. The quantitative estimate of drug-likeness (QED) is 0.734. The van der Waals surface area contributed by atoms with Crippen molar-refractivity contribution in [3.63, 3.8) is 0 Å². The van der Waals surface area contributed by atoms with Crippen molar-refractivity contribution in [2.24, 2.45) is 5.92 Å². The van der Waals surface area contributed by atoms with Crippen LogP contribution in [0.3, 0.4) is 0 Å². The average molecular weight is 251 g/mol. The van der Waals surface area contributed by atoms with Gasteiger partial charge in [-0.05, 0) is 17.9 Å². The van der Waals surface area contributed by atoms with Gasteiger partial charge >= 0.3 is 0 Å². The molecule has 0 aliphatic heterocycles. The molecule has 98 valence electrons. The SMILES string of the molecule is CCC(C#N)c1ccc(C(F)(F)CC(C)C)cc1. The van der Waals surface area contributed by atoms with Crippen LogP contribution in [0.25, 0.3) is 0 Å². The third-order valence-electron chi connectivity index (χ3n) is 2.96. The van der Waals surface area contributed by atoms with E-state index in [1.54, 1.807) is 26.0 Å². The van der Waals surface area contributed by atoms with Gasteiger partial charge in [-0.2, -0.15) is 5.26 Å². The van der Waals surface area contributed by atoms with E-state index in [1.807, 2.05) is 6.92 Å². The number of nitrogens with zero attached hydrogens (tertiary/aromatic N) is 1. The second-order valence-electron chi connectivity index (χ2n) is 5.01. The molecule has 0 aromatic heterocycles. The van der Waals surface area contributed by atoms with Crippen LogP contribution < -0.4 is 0 Å². The lowest BCUT2D eigenvalue weighted by molar-refractivity contribution is -0.0249. The van der Waals surface area contributed by atoms with Gasteiger partial charge < -0.3 is 0 Å². The Morgan fingerprint density at radius 2 is 1.78 bits per heavy atom. The summed E-state index contributed by atoms with van der Waals surface area (Å²) in [6.07, 6.45) is 0.542. The van der Waals surface area contributed by atoms with Crippen LogP contribution >= 0.6 is 0 Å². The summed E-state index contributed by atoms with van der Waals surface area (Å²) in [7, 11) is 0. The number of alkyl halides is 2. The van der Waals surface area contributed by atoms with Gasteiger partial charge in [0.15, 0.2) is 0 Å². The molecule has 0 N–H and O–H groups in total. The van der Waals surface area contributed by atoms with Crippen molar-refractivity contribution in [3.8, 4) is 6.07 Å². The maximum atomic E-state index is 13.8. The molecule has 1 aromatic carbocycles. The van der Waals surface area contributed by atoms with Crippen LogP contribution in [0.4, 0.5) is 8.78 Å². The van der Waals surface area contributed by atoms with Crippen LogP contribution in [0.15, 0.2) is 24.3 Å². The molecule has 0 saturated carbocycles. The molecular weight excluding hydrogens is 232 g/mol. The fourth-order valence-corrected chi connectivity index (χ4v) is 1.99. The summed E-state index contributed by atoms with van der Waals surface area (Å²) in [6.45, 7) is 5.48. The smallest absolute Gasteiger partial charge is 0.201 e. The third kappa shape index (κ3) is 3.53. The zero-order valence-electron chi connectivity index (χ0n) is 11.1.